The average molecular weight is 274 g/mol. The largest absolute Gasteiger partial charge is 0.395 e. The van der Waals surface area contributed by atoms with Gasteiger partial charge in [0, 0.05) is 18.1 Å². The minimum atomic E-state index is -0.00557. The Bertz CT molecular complexity index is 294. The number of halogens is 1. The zero-order chi connectivity index (χ0) is 11.1. The summed E-state index contributed by atoms with van der Waals surface area (Å²) in [6.07, 6.45) is 0. The smallest absolute Gasteiger partial charge is 0.0638 e. The number of aliphatic hydroxyl groups is 1. The molecule has 1 aromatic carbocycles. The Morgan fingerprint density at radius 3 is 2.93 bits per heavy atom. The number of aliphatic hydroxyl groups excluding tert-OH is 1. The molecular formula is C11H16BrNO2. The minimum Gasteiger partial charge on any atom is -0.395 e. The van der Waals surface area contributed by atoms with Crippen LogP contribution in [0.1, 0.15) is 5.56 Å². The van der Waals surface area contributed by atoms with E-state index in [0.717, 1.165) is 11.0 Å². The lowest BCUT2D eigenvalue weighted by molar-refractivity contribution is 0.128. The first kappa shape index (κ1) is 12.6. The molecule has 0 aliphatic heterocycles. The van der Waals surface area contributed by atoms with Gasteiger partial charge in [-0.15, -0.1) is 0 Å². The van der Waals surface area contributed by atoms with Crippen molar-refractivity contribution in [3.63, 3.8) is 0 Å². The molecule has 1 unspecified atom stereocenters. The van der Waals surface area contributed by atoms with Gasteiger partial charge in [-0.2, -0.15) is 0 Å². The first-order valence-electron chi connectivity index (χ1n) is 4.84. The van der Waals surface area contributed by atoms with Gasteiger partial charge in [0.15, 0.2) is 0 Å². The summed E-state index contributed by atoms with van der Waals surface area (Å²) in [5.41, 5.74) is 1.18. The van der Waals surface area contributed by atoms with E-state index in [1.54, 1.807) is 7.11 Å². The summed E-state index contributed by atoms with van der Waals surface area (Å²) in [6.45, 7) is 1.33. The summed E-state index contributed by atoms with van der Waals surface area (Å²) in [6, 6.07) is 8.06. The SMILES string of the molecule is COCC(CO)NCc1cccc(Br)c1. The molecule has 1 atom stereocenters. The summed E-state index contributed by atoms with van der Waals surface area (Å²) in [7, 11) is 1.63. The second-order valence-electron chi connectivity index (χ2n) is 3.35. The van der Waals surface area contributed by atoms with Gasteiger partial charge in [0.2, 0.25) is 0 Å². The Morgan fingerprint density at radius 1 is 1.53 bits per heavy atom. The van der Waals surface area contributed by atoms with Gasteiger partial charge >= 0.3 is 0 Å². The maximum Gasteiger partial charge on any atom is 0.0638 e. The fourth-order valence-corrected chi connectivity index (χ4v) is 1.73. The molecule has 3 nitrogen and oxygen atoms in total. The van der Waals surface area contributed by atoms with Crippen LogP contribution in [0.15, 0.2) is 28.7 Å². The summed E-state index contributed by atoms with van der Waals surface area (Å²) in [5, 5.41) is 12.3. The molecule has 0 saturated heterocycles. The van der Waals surface area contributed by atoms with E-state index in [2.05, 4.69) is 21.2 Å². The van der Waals surface area contributed by atoms with Crippen LogP contribution in [0.2, 0.25) is 0 Å². The Hall–Kier alpha value is -0.420. The quantitative estimate of drug-likeness (QED) is 0.827. The Morgan fingerprint density at radius 2 is 2.33 bits per heavy atom. The fourth-order valence-electron chi connectivity index (χ4n) is 1.29. The molecule has 84 valence electrons. The van der Waals surface area contributed by atoms with Crippen LogP contribution in [0.3, 0.4) is 0 Å². The summed E-state index contributed by atoms with van der Waals surface area (Å²) >= 11 is 3.42. The van der Waals surface area contributed by atoms with Crippen molar-refractivity contribution in [2.75, 3.05) is 20.3 Å². The van der Waals surface area contributed by atoms with E-state index in [-0.39, 0.29) is 12.6 Å². The molecule has 0 bridgehead atoms. The van der Waals surface area contributed by atoms with Gasteiger partial charge in [-0.3, -0.25) is 0 Å². The first-order chi connectivity index (χ1) is 7.26. The van der Waals surface area contributed by atoms with E-state index >= 15 is 0 Å². The highest BCUT2D eigenvalue weighted by molar-refractivity contribution is 9.10. The van der Waals surface area contributed by atoms with Crippen molar-refractivity contribution in [2.45, 2.75) is 12.6 Å². The third-order valence-corrected chi connectivity index (χ3v) is 2.57. The van der Waals surface area contributed by atoms with Gasteiger partial charge in [0.25, 0.3) is 0 Å². The van der Waals surface area contributed by atoms with Crippen LogP contribution >= 0.6 is 15.9 Å². The predicted molar refractivity (Wildman–Crippen MR) is 63.7 cm³/mol. The molecule has 1 rings (SSSR count). The third-order valence-electron chi connectivity index (χ3n) is 2.07. The average Bonchev–Trinajstić information content (AvgIpc) is 2.24. The molecule has 0 heterocycles. The molecule has 0 amide bonds. The van der Waals surface area contributed by atoms with E-state index in [4.69, 9.17) is 9.84 Å². The maximum atomic E-state index is 9.04. The normalized spacial score (nSPS) is 12.7. The zero-order valence-corrected chi connectivity index (χ0v) is 10.3. The first-order valence-corrected chi connectivity index (χ1v) is 5.63. The molecule has 4 heteroatoms. The lowest BCUT2D eigenvalue weighted by Crippen LogP contribution is -2.35. The lowest BCUT2D eigenvalue weighted by atomic mass is 10.2. The topological polar surface area (TPSA) is 41.5 Å². The van der Waals surface area contributed by atoms with Gasteiger partial charge in [-0.25, -0.2) is 0 Å². The number of ether oxygens (including phenoxy) is 1. The van der Waals surface area contributed by atoms with E-state index in [1.165, 1.54) is 5.56 Å². The van der Waals surface area contributed by atoms with E-state index < -0.39 is 0 Å². The Labute approximate surface area is 98.6 Å². The van der Waals surface area contributed by atoms with Gasteiger partial charge in [0.1, 0.15) is 0 Å². The second kappa shape index (κ2) is 6.95. The molecule has 15 heavy (non-hydrogen) atoms. The monoisotopic (exact) mass is 273 g/mol. The van der Waals surface area contributed by atoms with Gasteiger partial charge < -0.3 is 15.2 Å². The highest BCUT2D eigenvalue weighted by Crippen LogP contribution is 2.11. The molecule has 0 spiro atoms. The van der Waals surface area contributed by atoms with Crippen LogP contribution in [0.25, 0.3) is 0 Å². The van der Waals surface area contributed by atoms with Crippen LogP contribution in [-0.2, 0) is 11.3 Å². The molecule has 0 aliphatic carbocycles. The van der Waals surface area contributed by atoms with Crippen molar-refractivity contribution in [1.82, 2.24) is 5.32 Å². The maximum absolute atomic E-state index is 9.04. The molecule has 0 aliphatic rings. The Kier molecular flexibility index (Phi) is 5.86. The van der Waals surface area contributed by atoms with Crippen molar-refractivity contribution in [3.8, 4) is 0 Å². The number of methoxy groups -OCH3 is 1. The molecule has 0 fully saturated rings. The van der Waals surface area contributed by atoms with Crippen molar-refractivity contribution in [3.05, 3.63) is 34.3 Å². The number of benzene rings is 1. The molecule has 2 N–H and O–H groups in total. The van der Waals surface area contributed by atoms with E-state index in [1.807, 2.05) is 24.3 Å². The van der Waals surface area contributed by atoms with Crippen molar-refractivity contribution >= 4 is 15.9 Å². The van der Waals surface area contributed by atoms with Crippen LogP contribution in [0.4, 0.5) is 0 Å². The number of hydrogen-bond donors (Lipinski definition) is 2. The Balaban J connectivity index is 2.41. The highest BCUT2D eigenvalue weighted by atomic mass is 79.9. The molecule has 0 radical (unpaired) electrons. The number of rotatable bonds is 6. The molecule has 0 aromatic heterocycles. The lowest BCUT2D eigenvalue weighted by Gasteiger charge is -2.15. The van der Waals surface area contributed by atoms with Crippen LogP contribution in [-0.4, -0.2) is 31.5 Å². The van der Waals surface area contributed by atoms with Crippen molar-refractivity contribution < 1.29 is 9.84 Å². The fraction of sp³-hybridized carbons (Fsp3) is 0.455. The molecular weight excluding hydrogens is 258 g/mol. The van der Waals surface area contributed by atoms with Crippen LogP contribution in [0.5, 0.6) is 0 Å². The molecule has 1 aromatic rings. The van der Waals surface area contributed by atoms with Gasteiger partial charge in [0.05, 0.1) is 19.3 Å². The van der Waals surface area contributed by atoms with Crippen LogP contribution in [0, 0.1) is 0 Å². The van der Waals surface area contributed by atoms with Gasteiger partial charge in [-0.05, 0) is 17.7 Å². The van der Waals surface area contributed by atoms with Crippen LogP contribution < -0.4 is 5.32 Å². The predicted octanol–water partition coefficient (Wildman–Crippen LogP) is 1.55. The van der Waals surface area contributed by atoms with E-state index in [9.17, 15) is 0 Å². The summed E-state index contributed by atoms with van der Waals surface area (Å²) < 4.78 is 6.04. The third kappa shape index (κ3) is 4.75. The van der Waals surface area contributed by atoms with Gasteiger partial charge in [-0.1, -0.05) is 28.1 Å². The highest BCUT2D eigenvalue weighted by Gasteiger charge is 2.05. The number of nitrogens with one attached hydrogen (secondary N) is 1. The molecule has 0 saturated carbocycles. The minimum absolute atomic E-state index is 0.00557. The summed E-state index contributed by atoms with van der Waals surface area (Å²) in [4.78, 5) is 0. The van der Waals surface area contributed by atoms with E-state index in [0.29, 0.717) is 6.61 Å². The second-order valence-corrected chi connectivity index (χ2v) is 4.26. The summed E-state index contributed by atoms with van der Waals surface area (Å²) in [5.74, 6) is 0. The van der Waals surface area contributed by atoms with Crippen molar-refractivity contribution in [1.29, 1.82) is 0 Å². The standard InChI is InChI=1S/C11H16BrNO2/c1-15-8-11(7-14)13-6-9-3-2-4-10(12)5-9/h2-5,11,13-14H,6-8H2,1H3. The van der Waals surface area contributed by atoms with Crippen molar-refractivity contribution in [2.24, 2.45) is 0 Å². The zero-order valence-electron chi connectivity index (χ0n) is 8.74. The number of hydrogen-bond acceptors (Lipinski definition) is 3.